The molecular formula is C18H24F3N2P. The molecule has 0 unspecified atom stereocenters. The van der Waals surface area contributed by atoms with Crippen molar-refractivity contribution < 1.29 is 13.2 Å². The van der Waals surface area contributed by atoms with E-state index in [1.807, 2.05) is 0 Å². The zero-order valence-electron chi connectivity index (χ0n) is 14.9. The van der Waals surface area contributed by atoms with E-state index < -0.39 is 19.7 Å². The van der Waals surface area contributed by atoms with E-state index in [2.05, 4.69) is 46.5 Å². The summed E-state index contributed by atoms with van der Waals surface area (Å²) < 4.78 is 40.9. The molecule has 132 valence electrons. The average molecular weight is 356 g/mol. The van der Waals surface area contributed by atoms with Gasteiger partial charge in [0.25, 0.3) is 0 Å². The summed E-state index contributed by atoms with van der Waals surface area (Å²) in [6, 6.07) is 5.41. The first kappa shape index (κ1) is 19.0. The zero-order valence-corrected chi connectivity index (χ0v) is 15.8. The lowest BCUT2D eigenvalue weighted by Gasteiger charge is -2.40. The van der Waals surface area contributed by atoms with Crippen molar-refractivity contribution in [2.24, 2.45) is 0 Å². The Kier molecular flexibility index (Phi) is 4.89. The van der Waals surface area contributed by atoms with Crippen molar-refractivity contribution in [2.45, 2.75) is 58.0 Å². The lowest BCUT2D eigenvalue weighted by atomic mass is 10.2. The van der Waals surface area contributed by atoms with Crippen LogP contribution in [0.3, 0.4) is 0 Å². The van der Waals surface area contributed by atoms with Crippen LogP contribution in [0.15, 0.2) is 36.7 Å². The summed E-state index contributed by atoms with van der Waals surface area (Å²) >= 11 is 0. The molecule has 24 heavy (non-hydrogen) atoms. The van der Waals surface area contributed by atoms with E-state index >= 15 is 0 Å². The van der Waals surface area contributed by atoms with Crippen LogP contribution in [0.25, 0.3) is 5.69 Å². The Balaban J connectivity index is 2.59. The molecule has 0 fully saturated rings. The maximum absolute atomic E-state index is 13.0. The number of aromatic nitrogens is 2. The van der Waals surface area contributed by atoms with Gasteiger partial charge in [-0.3, -0.25) is 0 Å². The largest absolute Gasteiger partial charge is 0.416 e. The van der Waals surface area contributed by atoms with Crippen LogP contribution in [-0.2, 0) is 6.18 Å². The van der Waals surface area contributed by atoms with Crippen LogP contribution in [-0.4, -0.2) is 19.9 Å². The minimum Gasteiger partial charge on any atom is -0.300 e. The van der Waals surface area contributed by atoms with Gasteiger partial charge in [-0.15, -0.1) is 0 Å². The second-order valence-electron chi connectivity index (χ2n) is 7.82. The molecule has 2 nitrogen and oxygen atoms in total. The van der Waals surface area contributed by atoms with Gasteiger partial charge in [0, 0.05) is 18.1 Å². The summed E-state index contributed by atoms with van der Waals surface area (Å²) in [5.74, 6) is 0. The zero-order chi connectivity index (χ0) is 18.3. The highest BCUT2D eigenvalue weighted by Gasteiger charge is 2.39. The molecule has 0 aliphatic heterocycles. The predicted octanol–water partition coefficient (Wildman–Crippen LogP) is 5.60. The van der Waals surface area contributed by atoms with Crippen molar-refractivity contribution in [3.05, 3.63) is 42.2 Å². The number of alkyl halides is 3. The molecule has 2 rings (SSSR count). The summed E-state index contributed by atoms with van der Waals surface area (Å²) in [5.41, 5.74) is 0.707. The number of rotatable bonds is 2. The highest BCUT2D eigenvalue weighted by atomic mass is 31.1. The summed E-state index contributed by atoms with van der Waals surface area (Å²) in [6.07, 6.45) is -0.935. The summed E-state index contributed by atoms with van der Waals surface area (Å²) in [7, 11) is -0.712. The third kappa shape index (κ3) is 4.00. The van der Waals surface area contributed by atoms with Gasteiger partial charge in [-0.1, -0.05) is 47.6 Å². The van der Waals surface area contributed by atoms with E-state index in [9.17, 15) is 13.2 Å². The number of imidazole rings is 1. The minimum absolute atomic E-state index is 0.0156. The van der Waals surface area contributed by atoms with Gasteiger partial charge in [0.2, 0.25) is 0 Å². The van der Waals surface area contributed by atoms with Gasteiger partial charge in [-0.05, 0) is 36.4 Å². The van der Waals surface area contributed by atoms with Gasteiger partial charge in [-0.25, -0.2) is 4.98 Å². The van der Waals surface area contributed by atoms with Crippen molar-refractivity contribution in [1.82, 2.24) is 9.55 Å². The molecule has 0 N–H and O–H groups in total. The van der Waals surface area contributed by atoms with Gasteiger partial charge in [0.1, 0.15) is 5.57 Å². The van der Waals surface area contributed by atoms with E-state index in [1.54, 1.807) is 23.0 Å². The van der Waals surface area contributed by atoms with Crippen LogP contribution < -0.4 is 5.57 Å². The van der Waals surface area contributed by atoms with Crippen molar-refractivity contribution in [1.29, 1.82) is 0 Å². The Labute approximate surface area is 142 Å². The molecule has 0 saturated carbocycles. The number of nitrogens with zero attached hydrogens (tertiary/aromatic N) is 2. The van der Waals surface area contributed by atoms with Crippen molar-refractivity contribution in [2.75, 3.05) is 0 Å². The fourth-order valence-electron chi connectivity index (χ4n) is 3.10. The van der Waals surface area contributed by atoms with Crippen LogP contribution in [0, 0.1) is 0 Å². The van der Waals surface area contributed by atoms with Crippen LogP contribution >= 0.6 is 7.92 Å². The number of hydrogen-bond donors (Lipinski definition) is 0. The molecule has 0 radical (unpaired) electrons. The monoisotopic (exact) mass is 356 g/mol. The van der Waals surface area contributed by atoms with E-state index in [0.717, 1.165) is 11.6 Å². The quantitative estimate of drug-likeness (QED) is 0.641. The molecule has 0 atom stereocenters. The predicted molar refractivity (Wildman–Crippen MR) is 94.6 cm³/mol. The molecular weight excluding hydrogens is 332 g/mol. The Morgan fingerprint density at radius 2 is 1.54 bits per heavy atom. The number of hydrogen-bond acceptors (Lipinski definition) is 1. The molecule has 0 spiro atoms. The van der Waals surface area contributed by atoms with E-state index in [0.29, 0.717) is 5.69 Å². The lowest BCUT2D eigenvalue weighted by molar-refractivity contribution is -0.137. The SMILES string of the molecule is CC(C)(C)P(c1nccn1-c1cccc(C(F)(F)F)c1)C(C)(C)C. The fraction of sp³-hybridized carbons (Fsp3) is 0.500. The van der Waals surface area contributed by atoms with Crippen molar-refractivity contribution >= 4 is 13.5 Å². The summed E-state index contributed by atoms with van der Waals surface area (Å²) in [6.45, 7) is 13.0. The van der Waals surface area contributed by atoms with Gasteiger partial charge in [-0.2, -0.15) is 13.2 Å². The van der Waals surface area contributed by atoms with Crippen molar-refractivity contribution in [3.63, 3.8) is 0 Å². The number of halogens is 3. The molecule has 0 bridgehead atoms. The molecule has 0 aliphatic carbocycles. The highest BCUT2D eigenvalue weighted by Crippen LogP contribution is 2.57. The first-order valence-electron chi connectivity index (χ1n) is 7.83. The van der Waals surface area contributed by atoms with Crippen LogP contribution in [0.1, 0.15) is 47.1 Å². The molecule has 2 aromatic rings. The fourth-order valence-corrected chi connectivity index (χ4v) is 6.89. The first-order chi connectivity index (χ1) is 10.8. The van der Waals surface area contributed by atoms with E-state index in [1.165, 1.54) is 12.1 Å². The maximum Gasteiger partial charge on any atom is 0.416 e. The molecule has 1 aromatic carbocycles. The topological polar surface area (TPSA) is 17.8 Å². The summed E-state index contributed by atoms with van der Waals surface area (Å²) in [4.78, 5) is 4.53. The molecule has 0 aliphatic rings. The van der Waals surface area contributed by atoms with Gasteiger partial charge in [0.05, 0.1) is 5.56 Å². The normalized spacial score (nSPS) is 13.6. The lowest BCUT2D eigenvalue weighted by Crippen LogP contribution is -2.35. The molecule has 1 aromatic heterocycles. The number of benzene rings is 1. The first-order valence-corrected chi connectivity index (χ1v) is 9.17. The minimum atomic E-state index is -4.35. The smallest absolute Gasteiger partial charge is 0.300 e. The molecule has 0 amide bonds. The Morgan fingerprint density at radius 3 is 2.04 bits per heavy atom. The highest BCUT2D eigenvalue weighted by molar-refractivity contribution is 7.68. The average Bonchev–Trinajstić information content (AvgIpc) is 2.83. The third-order valence-corrected chi connectivity index (χ3v) is 7.03. The second kappa shape index (κ2) is 6.18. The third-order valence-electron chi connectivity index (χ3n) is 3.61. The Hall–Kier alpha value is -1.35. The van der Waals surface area contributed by atoms with E-state index in [4.69, 9.17) is 0 Å². The van der Waals surface area contributed by atoms with Crippen LogP contribution in [0.5, 0.6) is 0 Å². The molecule has 0 saturated heterocycles. The van der Waals surface area contributed by atoms with Gasteiger partial charge >= 0.3 is 6.18 Å². The maximum atomic E-state index is 13.0. The second-order valence-corrected chi connectivity index (χ2v) is 11.6. The van der Waals surface area contributed by atoms with Gasteiger partial charge in [0.15, 0.2) is 0 Å². The summed E-state index contributed by atoms with van der Waals surface area (Å²) in [5, 5.41) is -0.0311. The molecule has 6 heteroatoms. The standard InChI is InChI=1S/C18H24F3N2P/c1-16(2,3)24(17(4,5)6)15-22-10-11-23(15)14-9-7-8-13(12-14)18(19,20)21/h7-12H,1-6H3. The van der Waals surface area contributed by atoms with Crippen LogP contribution in [0.4, 0.5) is 13.2 Å². The Morgan fingerprint density at radius 1 is 0.958 bits per heavy atom. The van der Waals surface area contributed by atoms with Gasteiger partial charge < -0.3 is 4.57 Å². The van der Waals surface area contributed by atoms with E-state index in [-0.39, 0.29) is 10.3 Å². The van der Waals surface area contributed by atoms with Crippen LogP contribution in [0.2, 0.25) is 0 Å². The molecule has 1 heterocycles. The Bertz CT molecular complexity index is 692. The van der Waals surface area contributed by atoms with Crippen molar-refractivity contribution in [3.8, 4) is 5.69 Å².